The average Bonchev–Trinajstić information content (AvgIpc) is 2.85. The number of carbonyl (C=O) groups excluding carboxylic acids is 2. The molecular weight excluding hydrogens is 518 g/mol. The molecule has 2 aromatic rings. The lowest BCUT2D eigenvalue weighted by molar-refractivity contribution is -0.218. The smallest absolute Gasteiger partial charge is 0.416 e. The molecule has 0 aliphatic rings. The van der Waals surface area contributed by atoms with Gasteiger partial charge in [0.2, 0.25) is 5.91 Å². The fourth-order valence-electron chi connectivity index (χ4n) is 2.96. The maximum atomic E-state index is 13.0. The van der Waals surface area contributed by atoms with Crippen molar-refractivity contribution in [2.45, 2.75) is 31.3 Å². The Morgan fingerprint density at radius 2 is 1.63 bits per heavy atom. The first-order valence-electron chi connectivity index (χ1n) is 10.9. The molecule has 2 aromatic carbocycles. The van der Waals surface area contributed by atoms with Gasteiger partial charge in [-0.3, -0.25) is 9.69 Å². The standard InChI is InChI=1S/C24H23F4N3O7/c25-17-5-1-15(2-6-17)11-21(33)30-18-7-3-16(4-8-18)12-38-23(36)31(10-9-29)19(22(34)35)13-37-14-20(32)24(26,27)28/h1-8,19-20,32H,10-14H2,(H,30,33)(H,34,35). The van der Waals surface area contributed by atoms with Crippen LogP contribution in [0.2, 0.25) is 0 Å². The summed E-state index contributed by atoms with van der Waals surface area (Å²) in [5, 5.41) is 29.9. The van der Waals surface area contributed by atoms with Crippen LogP contribution in [0.25, 0.3) is 0 Å². The molecule has 2 atom stereocenters. The number of aliphatic hydroxyl groups is 1. The number of carbonyl (C=O) groups is 3. The van der Waals surface area contributed by atoms with E-state index in [-0.39, 0.29) is 18.9 Å². The highest BCUT2D eigenvalue weighted by molar-refractivity contribution is 5.92. The van der Waals surface area contributed by atoms with Gasteiger partial charge in [-0.05, 0) is 35.4 Å². The molecule has 2 rings (SSSR count). The Labute approximate surface area is 214 Å². The fourth-order valence-corrected chi connectivity index (χ4v) is 2.96. The zero-order valence-electron chi connectivity index (χ0n) is 19.7. The van der Waals surface area contributed by atoms with Crippen molar-refractivity contribution >= 4 is 23.7 Å². The predicted molar refractivity (Wildman–Crippen MR) is 122 cm³/mol. The molecule has 2 unspecified atom stereocenters. The highest BCUT2D eigenvalue weighted by Crippen LogP contribution is 2.20. The van der Waals surface area contributed by atoms with E-state index in [0.29, 0.717) is 21.7 Å². The van der Waals surface area contributed by atoms with E-state index in [9.17, 15) is 37.1 Å². The molecule has 0 saturated carbocycles. The summed E-state index contributed by atoms with van der Waals surface area (Å²) in [6.07, 6.45) is -9.07. The van der Waals surface area contributed by atoms with Gasteiger partial charge in [0, 0.05) is 5.69 Å². The first kappa shape index (κ1) is 30.0. The van der Waals surface area contributed by atoms with Crippen LogP contribution in [-0.4, -0.2) is 71.2 Å². The molecule has 0 bridgehead atoms. The molecule has 0 aliphatic carbocycles. The Morgan fingerprint density at radius 1 is 1.03 bits per heavy atom. The van der Waals surface area contributed by atoms with E-state index in [2.05, 4.69) is 10.1 Å². The molecule has 0 fully saturated rings. The van der Waals surface area contributed by atoms with E-state index in [1.807, 2.05) is 0 Å². The number of alkyl halides is 3. The number of carboxylic acids is 1. The van der Waals surface area contributed by atoms with Gasteiger partial charge in [0.05, 0.1) is 25.7 Å². The lowest BCUT2D eigenvalue weighted by Gasteiger charge is -2.26. The Balaban J connectivity index is 1.92. The maximum Gasteiger partial charge on any atom is 0.416 e. The number of nitrogens with zero attached hydrogens (tertiary/aromatic N) is 2. The monoisotopic (exact) mass is 541 g/mol. The van der Waals surface area contributed by atoms with E-state index in [1.54, 1.807) is 6.07 Å². The number of amides is 2. The van der Waals surface area contributed by atoms with Gasteiger partial charge < -0.3 is 25.0 Å². The number of anilines is 1. The Morgan fingerprint density at radius 3 is 2.18 bits per heavy atom. The van der Waals surface area contributed by atoms with Gasteiger partial charge in [-0.1, -0.05) is 24.3 Å². The van der Waals surface area contributed by atoms with Crippen LogP contribution in [0.15, 0.2) is 48.5 Å². The van der Waals surface area contributed by atoms with E-state index in [0.717, 1.165) is 0 Å². The number of nitriles is 1. The first-order valence-corrected chi connectivity index (χ1v) is 10.9. The van der Waals surface area contributed by atoms with Gasteiger partial charge in [0.1, 0.15) is 19.0 Å². The SMILES string of the molecule is N#CCN(C(=O)OCc1ccc(NC(=O)Cc2ccc(F)cc2)cc1)C(COCC(O)C(F)(F)F)C(=O)O. The predicted octanol–water partition coefficient (Wildman–Crippen LogP) is 2.86. The van der Waals surface area contributed by atoms with Gasteiger partial charge >= 0.3 is 18.2 Å². The van der Waals surface area contributed by atoms with Crippen molar-refractivity contribution in [3.05, 3.63) is 65.5 Å². The van der Waals surface area contributed by atoms with E-state index >= 15 is 0 Å². The molecule has 0 radical (unpaired) electrons. The van der Waals surface area contributed by atoms with Gasteiger partial charge in [0.25, 0.3) is 0 Å². The number of aliphatic carboxylic acids is 1. The molecule has 10 nitrogen and oxygen atoms in total. The van der Waals surface area contributed by atoms with Crippen LogP contribution >= 0.6 is 0 Å². The molecule has 0 spiro atoms. The van der Waals surface area contributed by atoms with E-state index in [4.69, 9.17) is 15.1 Å². The third-order valence-corrected chi connectivity index (χ3v) is 4.94. The van der Waals surface area contributed by atoms with Crippen LogP contribution in [0.5, 0.6) is 0 Å². The number of nitrogens with one attached hydrogen (secondary N) is 1. The lowest BCUT2D eigenvalue weighted by atomic mass is 10.1. The number of hydrogen-bond donors (Lipinski definition) is 3. The summed E-state index contributed by atoms with van der Waals surface area (Å²) in [7, 11) is 0. The number of halogens is 4. The summed E-state index contributed by atoms with van der Waals surface area (Å²) in [5.74, 6) is -2.44. The lowest BCUT2D eigenvalue weighted by Crippen LogP contribution is -2.48. The number of carboxylic acid groups (broad SMARTS) is 1. The average molecular weight is 541 g/mol. The van der Waals surface area contributed by atoms with Crippen LogP contribution in [-0.2, 0) is 32.1 Å². The third kappa shape index (κ3) is 9.68. The largest absolute Gasteiger partial charge is 0.480 e. The van der Waals surface area contributed by atoms with E-state index < -0.39 is 56.0 Å². The fraction of sp³-hybridized carbons (Fsp3) is 0.333. The summed E-state index contributed by atoms with van der Waals surface area (Å²) >= 11 is 0. The van der Waals surface area contributed by atoms with Crippen molar-refractivity contribution in [1.29, 1.82) is 5.26 Å². The normalized spacial score (nSPS) is 12.6. The summed E-state index contributed by atoms with van der Waals surface area (Å²) in [6, 6.07) is 11.2. The zero-order valence-corrected chi connectivity index (χ0v) is 19.7. The maximum absolute atomic E-state index is 13.0. The summed E-state index contributed by atoms with van der Waals surface area (Å²) in [6.45, 7) is -3.33. The topological polar surface area (TPSA) is 149 Å². The van der Waals surface area contributed by atoms with Gasteiger partial charge in [-0.15, -0.1) is 0 Å². The minimum atomic E-state index is -4.98. The van der Waals surface area contributed by atoms with Crippen molar-refractivity contribution in [1.82, 2.24) is 4.90 Å². The number of benzene rings is 2. The molecule has 2 amide bonds. The molecule has 204 valence electrons. The second kappa shape index (κ2) is 13.9. The Hall–Kier alpha value is -4.22. The van der Waals surface area contributed by atoms with Crippen molar-refractivity contribution in [3.8, 4) is 6.07 Å². The molecular formula is C24H23F4N3O7. The molecule has 0 saturated heterocycles. The van der Waals surface area contributed by atoms with Crippen LogP contribution in [0, 0.1) is 17.1 Å². The molecule has 0 aliphatic heterocycles. The van der Waals surface area contributed by atoms with Gasteiger partial charge in [0.15, 0.2) is 12.1 Å². The second-order valence-corrected chi connectivity index (χ2v) is 7.84. The Bertz CT molecular complexity index is 1140. The number of rotatable bonds is 12. The highest BCUT2D eigenvalue weighted by atomic mass is 19.4. The van der Waals surface area contributed by atoms with Crippen molar-refractivity contribution in [3.63, 3.8) is 0 Å². The van der Waals surface area contributed by atoms with Gasteiger partial charge in [-0.25, -0.2) is 14.0 Å². The van der Waals surface area contributed by atoms with Gasteiger partial charge in [-0.2, -0.15) is 18.4 Å². The quantitative estimate of drug-likeness (QED) is 0.274. The zero-order chi connectivity index (χ0) is 28.3. The van der Waals surface area contributed by atoms with Crippen molar-refractivity contribution in [2.24, 2.45) is 0 Å². The second-order valence-electron chi connectivity index (χ2n) is 7.84. The highest BCUT2D eigenvalue weighted by Gasteiger charge is 2.39. The van der Waals surface area contributed by atoms with Crippen LogP contribution in [0.4, 0.5) is 28.0 Å². The molecule has 14 heteroatoms. The first-order chi connectivity index (χ1) is 17.9. The van der Waals surface area contributed by atoms with Crippen LogP contribution in [0.3, 0.4) is 0 Å². The molecule has 0 heterocycles. The van der Waals surface area contributed by atoms with E-state index in [1.165, 1.54) is 48.5 Å². The van der Waals surface area contributed by atoms with Crippen molar-refractivity contribution < 1.29 is 51.6 Å². The number of hydrogen-bond acceptors (Lipinski definition) is 7. The van der Waals surface area contributed by atoms with Crippen molar-refractivity contribution in [2.75, 3.05) is 25.1 Å². The Kier molecular flexibility index (Phi) is 11.0. The summed E-state index contributed by atoms with van der Waals surface area (Å²) < 4.78 is 59.8. The summed E-state index contributed by atoms with van der Waals surface area (Å²) in [5.41, 5.74) is 1.46. The number of ether oxygens (including phenoxy) is 2. The molecule has 0 aromatic heterocycles. The molecule has 38 heavy (non-hydrogen) atoms. The summed E-state index contributed by atoms with van der Waals surface area (Å²) in [4.78, 5) is 36.6. The minimum absolute atomic E-state index is 0.0119. The third-order valence-electron chi connectivity index (χ3n) is 4.94. The van der Waals surface area contributed by atoms with Crippen LogP contribution in [0.1, 0.15) is 11.1 Å². The number of aliphatic hydroxyl groups excluding tert-OH is 1. The van der Waals surface area contributed by atoms with Crippen LogP contribution < -0.4 is 5.32 Å². The molecule has 3 N–H and O–H groups in total. The minimum Gasteiger partial charge on any atom is -0.480 e.